The lowest BCUT2D eigenvalue weighted by Gasteiger charge is -2.26. The van der Waals surface area contributed by atoms with Crippen LogP contribution < -0.4 is 0 Å². The molecule has 0 aliphatic carbocycles. The molecule has 1 heterocycles. The Kier molecular flexibility index (Phi) is 2.56. The molecule has 0 bridgehead atoms. The normalized spacial score (nSPS) is 23.6. The van der Waals surface area contributed by atoms with Gasteiger partial charge in [0.2, 0.25) is 0 Å². The van der Waals surface area contributed by atoms with Crippen LogP contribution in [0.15, 0.2) is 0 Å². The molecule has 0 N–H and O–H groups in total. The first kappa shape index (κ1) is 7.87. The third kappa shape index (κ3) is 1.88. The van der Waals surface area contributed by atoms with E-state index in [1.54, 1.807) is 11.8 Å². The van der Waals surface area contributed by atoms with Crippen LogP contribution in [0.5, 0.6) is 0 Å². The van der Waals surface area contributed by atoms with Crippen LogP contribution in [0.25, 0.3) is 0 Å². The molecule has 1 aliphatic heterocycles. The molecule has 1 fully saturated rings. The largest absolute Gasteiger partial charge is 0.243 e. The third-order valence-corrected chi connectivity index (χ3v) is 2.77. The Hall–Kier alpha value is -0.230. The molecule has 0 unspecified atom stereocenters. The van der Waals surface area contributed by atoms with Gasteiger partial charge in [-0.3, -0.25) is 0 Å². The highest BCUT2D eigenvalue weighted by Crippen LogP contribution is 2.32. The number of thioether (sulfide) groups is 1. The topological polar surface area (TPSA) is 23.8 Å². The van der Waals surface area contributed by atoms with Gasteiger partial charge in [-0.15, -0.1) is 0 Å². The van der Waals surface area contributed by atoms with E-state index < -0.39 is 5.67 Å². The number of alkyl halides is 1. The van der Waals surface area contributed by atoms with E-state index in [0.29, 0.717) is 12.8 Å². The first-order valence-corrected chi connectivity index (χ1v) is 4.56. The van der Waals surface area contributed by atoms with E-state index in [9.17, 15) is 4.39 Å². The highest BCUT2D eigenvalue weighted by molar-refractivity contribution is 7.99. The van der Waals surface area contributed by atoms with Gasteiger partial charge in [0.05, 0.1) is 12.5 Å². The Morgan fingerprint density at radius 3 is 2.60 bits per heavy atom. The van der Waals surface area contributed by atoms with Crippen LogP contribution in [0.4, 0.5) is 4.39 Å². The minimum atomic E-state index is -1.15. The second kappa shape index (κ2) is 3.25. The number of nitrogens with zero attached hydrogens (tertiary/aromatic N) is 1. The summed E-state index contributed by atoms with van der Waals surface area (Å²) in [7, 11) is 0. The van der Waals surface area contributed by atoms with E-state index >= 15 is 0 Å². The molecule has 1 saturated heterocycles. The van der Waals surface area contributed by atoms with E-state index in [4.69, 9.17) is 5.26 Å². The van der Waals surface area contributed by atoms with Gasteiger partial charge in [0, 0.05) is 0 Å². The molecule has 0 aromatic rings. The molecule has 1 rings (SSSR count). The van der Waals surface area contributed by atoms with Crippen molar-refractivity contribution in [3.8, 4) is 6.07 Å². The minimum Gasteiger partial charge on any atom is -0.243 e. The molecule has 0 spiro atoms. The van der Waals surface area contributed by atoms with Crippen molar-refractivity contribution < 1.29 is 4.39 Å². The van der Waals surface area contributed by atoms with Crippen LogP contribution in [-0.4, -0.2) is 17.2 Å². The molecule has 0 aromatic carbocycles. The number of halogens is 1. The van der Waals surface area contributed by atoms with Gasteiger partial charge < -0.3 is 0 Å². The summed E-state index contributed by atoms with van der Waals surface area (Å²) < 4.78 is 13.3. The molecule has 1 nitrogen and oxygen atoms in total. The summed E-state index contributed by atoms with van der Waals surface area (Å²) in [4.78, 5) is 0. The zero-order valence-corrected chi connectivity index (χ0v) is 6.59. The molecule has 0 amide bonds. The van der Waals surface area contributed by atoms with Crippen molar-refractivity contribution in [2.75, 3.05) is 11.5 Å². The summed E-state index contributed by atoms with van der Waals surface area (Å²) in [6.45, 7) is 0. The molecule has 0 aromatic heterocycles. The van der Waals surface area contributed by atoms with Gasteiger partial charge in [0.15, 0.2) is 0 Å². The van der Waals surface area contributed by atoms with E-state index in [-0.39, 0.29) is 6.42 Å². The Morgan fingerprint density at radius 1 is 1.50 bits per heavy atom. The summed E-state index contributed by atoms with van der Waals surface area (Å²) in [6.07, 6.45) is 1.20. The maximum atomic E-state index is 13.3. The van der Waals surface area contributed by atoms with Crippen LogP contribution in [0, 0.1) is 11.3 Å². The van der Waals surface area contributed by atoms with Crippen LogP contribution in [0.2, 0.25) is 0 Å². The van der Waals surface area contributed by atoms with Gasteiger partial charge in [-0.25, -0.2) is 4.39 Å². The minimum absolute atomic E-state index is 0.0769. The third-order valence-electron chi connectivity index (χ3n) is 1.78. The summed E-state index contributed by atoms with van der Waals surface area (Å²) >= 11 is 1.77. The van der Waals surface area contributed by atoms with E-state index in [0.717, 1.165) is 11.5 Å². The van der Waals surface area contributed by atoms with Crippen LogP contribution in [-0.2, 0) is 0 Å². The van der Waals surface area contributed by atoms with Crippen LogP contribution in [0.1, 0.15) is 19.3 Å². The average molecular weight is 159 g/mol. The number of hydrogen-bond donors (Lipinski definition) is 0. The van der Waals surface area contributed by atoms with Crippen molar-refractivity contribution in [3.05, 3.63) is 0 Å². The zero-order valence-electron chi connectivity index (χ0n) is 5.77. The molecule has 10 heavy (non-hydrogen) atoms. The van der Waals surface area contributed by atoms with Crippen molar-refractivity contribution >= 4 is 11.8 Å². The molecule has 0 atom stereocenters. The summed E-state index contributed by atoms with van der Waals surface area (Å²) in [5, 5.41) is 8.29. The SMILES string of the molecule is N#CCC1(F)CCSCC1. The monoisotopic (exact) mass is 159 g/mol. The summed E-state index contributed by atoms with van der Waals surface area (Å²) in [5.74, 6) is 1.75. The van der Waals surface area contributed by atoms with Gasteiger partial charge in [0.25, 0.3) is 0 Å². The average Bonchev–Trinajstić information content (AvgIpc) is 1.89. The standard InChI is InChI=1S/C7H10FNS/c8-7(1-4-9)2-5-10-6-3-7/h1-3,5-6H2. The Morgan fingerprint density at radius 2 is 2.10 bits per heavy atom. The summed E-state index contributed by atoms with van der Waals surface area (Å²) in [6, 6.07) is 1.89. The van der Waals surface area contributed by atoms with E-state index in [1.165, 1.54) is 0 Å². The maximum Gasteiger partial charge on any atom is 0.125 e. The molecule has 0 saturated carbocycles. The zero-order chi connectivity index (χ0) is 7.45. The smallest absolute Gasteiger partial charge is 0.125 e. The maximum absolute atomic E-state index is 13.3. The highest BCUT2D eigenvalue weighted by Gasteiger charge is 2.31. The van der Waals surface area contributed by atoms with Gasteiger partial charge in [0.1, 0.15) is 5.67 Å². The van der Waals surface area contributed by atoms with Gasteiger partial charge in [-0.2, -0.15) is 17.0 Å². The van der Waals surface area contributed by atoms with Crippen molar-refractivity contribution in [3.63, 3.8) is 0 Å². The lowest BCUT2D eigenvalue weighted by atomic mass is 9.96. The fourth-order valence-electron chi connectivity index (χ4n) is 1.06. The van der Waals surface area contributed by atoms with E-state index in [1.807, 2.05) is 6.07 Å². The molecule has 3 heteroatoms. The molecule has 56 valence electrons. The van der Waals surface area contributed by atoms with E-state index in [2.05, 4.69) is 0 Å². The Bertz CT molecular complexity index is 146. The molecular formula is C7H10FNS. The second-order valence-electron chi connectivity index (χ2n) is 2.60. The van der Waals surface area contributed by atoms with Crippen LogP contribution in [0.3, 0.4) is 0 Å². The molecular weight excluding hydrogens is 149 g/mol. The van der Waals surface area contributed by atoms with Crippen LogP contribution >= 0.6 is 11.8 Å². The van der Waals surface area contributed by atoms with Gasteiger partial charge >= 0.3 is 0 Å². The fourth-order valence-corrected chi connectivity index (χ4v) is 2.28. The quantitative estimate of drug-likeness (QED) is 0.585. The lowest BCUT2D eigenvalue weighted by Crippen LogP contribution is -2.27. The molecule has 0 radical (unpaired) electrons. The number of nitriles is 1. The predicted molar refractivity (Wildman–Crippen MR) is 40.6 cm³/mol. The Labute approximate surface area is 64.6 Å². The van der Waals surface area contributed by atoms with Crippen molar-refractivity contribution in [2.24, 2.45) is 0 Å². The predicted octanol–water partition coefficient (Wildman–Crippen LogP) is 2.14. The van der Waals surface area contributed by atoms with Crippen molar-refractivity contribution in [1.82, 2.24) is 0 Å². The summed E-state index contributed by atoms with van der Waals surface area (Å²) in [5.41, 5.74) is -1.15. The molecule has 1 aliphatic rings. The number of rotatable bonds is 1. The number of hydrogen-bond acceptors (Lipinski definition) is 2. The lowest BCUT2D eigenvalue weighted by molar-refractivity contribution is 0.156. The highest BCUT2D eigenvalue weighted by atomic mass is 32.2. The first-order chi connectivity index (χ1) is 4.77. The van der Waals surface area contributed by atoms with Gasteiger partial charge in [-0.1, -0.05) is 0 Å². The van der Waals surface area contributed by atoms with Gasteiger partial charge in [-0.05, 0) is 24.3 Å². The second-order valence-corrected chi connectivity index (χ2v) is 3.82. The fraction of sp³-hybridized carbons (Fsp3) is 0.857. The van der Waals surface area contributed by atoms with Crippen molar-refractivity contribution in [2.45, 2.75) is 24.9 Å². The first-order valence-electron chi connectivity index (χ1n) is 3.40. The Balaban J connectivity index is 2.42. The van der Waals surface area contributed by atoms with Crippen molar-refractivity contribution in [1.29, 1.82) is 5.26 Å².